The largest absolute Gasteiger partial charge is 0.497 e. The lowest BCUT2D eigenvalue weighted by Crippen LogP contribution is -2.38. The summed E-state index contributed by atoms with van der Waals surface area (Å²) in [5.41, 5.74) is -0.603. The SMILES string of the molecule is COc1ccc(S(=O)(=O)N(CC(=O)Nc2ccc(C(F)(F)F)cc2)c2ccc(Cl)cc2)cc1. The van der Waals surface area contributed by atoms with E-state index in [9.17, 15) is 26.4 Å². The highest BCUT2D eigenvalue weighted by molar-refractivity contribution is 7.92. The third-order valence-corrected chi connectivity index (χ3v) is 6.59. The number of benzene rings is 3. The molecule has 0 saturated carbocycles. The molecule has 0 aliphatic heterocycles. The van der Waals surface area contributed by atoms with Gasteiger partial charge in [0, 0.05) is 10.7 Å². The minimum Gasteiger partial charge on any atom is -0.497 e. The van der Waals surface area contributed by atoms with E-state index in [2.05, 4.69) is 5.32 Å². The van der Waals surface area contributed by atoms with Crippen molar-refractivity contribution in [2.75, 3.05) is 23.3 Å². The summed E-state index contributed by atoms with van der Waals surface area (Å²) < 4.78 is 70.7. The Bertz CT molecular complexity index is 1210. The fourth-order valence-electron chi connectivity index (χ4n) is 2.87. The average Bonchev–Trinajstić information content (AvgIpc) is 2.78. The maximum absolute atomic E-state index is 13.3. The van der Waals surface area contributed by atoms with E-state index < -0.39 is 34.2 Å². The molecule has 1 amide bonds. The molecule has 0 aromatic heterocycles. The van der Waals surface area contributed by atoms with Gasteiger partial charge in [-0.1, -0.05) is 11.6 Å². The number of halogens is 4. The molecule has 0 spiro atoms. The third-order valence-electron chi connectivity index (χ3n) is 4.55. The number of anilines is 2. The predicted molar refractivity (Wildman–Crippen MR) is 119 cm³/mol. The number of nitrogens with zero attached hydrogens (tertiary/aromatic N) is 1. The molecule has 0 bridgehead atoms. The molecule has 3 rings (SSSR count). The molecule has 3 aromatic rings. The first kappa shape index (κ1) is 24.4. The Labute approximate surface area is 193 Å². The van der Waals surface area contributed by atoms with Gasteiger partial charge in [0.05, 0.1) is 23.3 Å². The van der Waals surface area contributed by atoms with E-state index in [-0.39, 0.29) is 16.3 Å². The normalized spacial score (nSPS) is 11.7. The van der Waals surface area contributed by atoms with E-state index in [1.807, 2.05) is 0 Å². The summed E-state index contributed by atoms with van der Waals surface area (Å²) in [6.07, 6.45) is -4.51. The minimum absolute atomic E-state index is 0.0828. The van der Waals surface area contributed by atoms with E-state index in [1.165, 1.54) is 55.6 Å². The van der Waals surface area contributed by atoms with Gasteiger partial charge in [0.25, 0.3) is 10.0 Å². The van der Waals surface area contributed by atoms with Gasteiger partial charge in [0.2, 0.25) is 5.91 Å². The molecular formula is C22H18ClF3N2O4S. The van der Waals surface area contributed by atoms with Crippen LogP contribution in [-0.4, -0.2) is 28.0 Å². The molecule has 33 heavy (non-hydrogen) atoms. The molecule has 11 heteroatoms. The van der Waals surface area contributed by atoms with Gasteiger partial charge in [-0.2, -0.15) is 13.2 Å². The average molecular weight is 499 g/mol. The van der Waals surface area contributed by atoms with Crippen LogP contribution in [0, 0.1) is 0 Å². The first-order valence-corrected chi connectivity index (χ1v) is 11.2. The zero-order chi connectivity index (χ0) is 24.2. The second-order valence-corrected chi connectivity index (χ2v) is 9.09. The van der Waals surface area contributed by atoms with E-state index in [1.54, 1.807) is 0 Å². The number of alkyl halides is 3. The highest BCUT2D eigenvalue weighted by Gasteiger charge is 2.30. The Morgan fingerprint density at radius 2 is 1.55 bits per heavy atom. The zero-order valence-corrected chi connectivity index (χ0v) is 18.7. The Hall–Kier alpha value is -3.24. The second kappa shape index (κ2) is 9.72. The summed E-state index contributed by atoms with van der Waals surface area (Å²) in [6.45, 7) is -0.628. The van der Waals surface area contributed by atoms with Gasteiger partial charge in [-0.15, -0.1) is 0 Å². The summed E-state index contributed by atoms with van der Waals surface area (Å²) in [5.74, 6) is -0.297. The number of nitrogens with one attached hydrogen (secondary N) is 1. The van der Waals surface area contributed by atoms with Crippen molar-refractivity contribution < 1.29 is 31.1 Å². The Balaban J connectivity index is 1.88. The molecule has 0 aliphatic rings. The first-order valence-electron chi connectivity index (χ1n) is 9.40. The standard InChI is InChI=1S/C22H18ClF3N2O4S/c1-32-19-10-12-20(13-11-19)33(30,31)28(18-8-4-16(23)5-9-18)14-21(29)27-17-6-2-15(3-7-17)22(24,25)26/h2-13H,14H2,1H3,(H,27,29). The van der Waals surface area contributed by atoms with Crippen LogP contribution in [0.2, 0.25) is 5.02 Å². The molecule has 3 aromatic carbocycles. The summed E-state index contributed by atoms with van der Waals surface area (Å²) >= 11 is 5.90. The van der Waals surface area contributed by atoms with Crippen molar-refractivity contribution >= 4 is 38.9 Å². The molecule has 0 atom stereocenters. The first-order chi connectivity index (χ1) is 15.5. The van der Waals surface area contributed by atoms with Gasteiger partial charge in [0.15, 0.2) is 0 Å². The zero-order valence-electron chi connectivity index (χ0n) is 17.1. The van der Waals surface area contributed by atoms with E-state index in [4.69, 9.17) is 16.3 Å². The summed E-state index contributed by atoms with van der Waals surface area (Å²) in [7, 11) is -2.74. The number of hydrogen-bond acceptors (Lipinski definition) is 4. The lowest BCUT2D eigenvalue weighted by atomic mass is 10.2. The monoisotopic (exact) mass is 498 g/mol. The Morgan fingerprint density at radius 3 is 2.06 bits per heavy atom. The highest BCUT2D eigenvalue weighted by atomic mass is 35.5. The molecule has 0 unspecified atom stereocenters. The minimum atomic E-state index is -4.51. The number of carbonyl (C=O) groups is 1. The number of methoxy groups -OCH3 is 1. The van der Waals surface area contributed by atoms with Crippen molar-refractivity contribution in [2.24, 2.45) is 0 Å². The Kier molecular flexibility index (Phi) is 7.19. The molecular weight excluding hydrogens is 481 g/mol. The van der Waals surface area contributed by atoms with Crippen LogP contribution in [0.3, 0.4) is 0 Å². The lowest BCUT2D eigenvalue weighted by molar-refractivity contribution is -0.137. The fourth-order valence-corrected chi connectivity index (χ4v) is 4.42. The smallest absolute Gasteiger partial charge is 0.416 e. The molecule has 174 valence electrons. The van der Waals surface area contributed by atoms with Crippen molar-refractivity contribution in [2.45, 2.75) is 11.1 Å². The highest BCUT2D eigenvalue weighted by Crippen LogP contribution is 2.30. The van der Waals surface area contributed by atoms with Gasteiger partial charge in [0.1, 0.15) is 12.3 Å². The topological polar surface area (TPSA) is 75.7 Å². The van der Waals surface area contributed by atoms with E-state index in [0.29, 0.717) is 10.8 Å². The number of amides is 1. The molecule has 0 heterocycles. The van der Waals surface area contributed by atoms with Gasteiger partial charge in [-0.3, -0.25) is 9.10 Å². The molecule has 0 radical (unpaired) electrons. The number of carbonyl (C=O) groups excluding carboxylic acids is 1. The summed E-state index contributed by atoms with van der Waals surface area (Å²) in [5, 5.41) is 2.79. The van der Waals surface area contributed by atoms with Crippen LogP contribution in [-0.2, 0) is 21.0 Å². The van der Waals surface area contributed by atoms with Gasteiger partial charge in [-0.05, 0) is 72.8 Å². The van der Waals surface area contributed by atoms with Gasteiger partial charge < -0.3 is 10.1 Å². The summed E-state index contributed by atoms with van der Waals surface area (Å²) in [6, 6.07) is 15.3. The van der Waals surface area contributed by atoms with Crippen LogP contribution in [0.1, 0.15) is 5.56 Å². The van der Waals surface area contributed by atoms with Crippen LogP contribution >= 0.6 is 11.6 Å². The van der Waals surface area contributed by atoms with Crippen molar-refractivity contribution in [1.82, 2.24) is 0 Å². The van der Waals surface area contributed by atoms with Crippen molar-refractivity contribution in [3.8, 4) is 5.75 Å². The lowest BCUT2D eigenvalue weighted by Gasteiger charge is -2.24. The van der Waals surface area contributed by atoms with E-state index in [0.717, 1.165) is 28.6 Å². The maximum atomic E-state index is 13.3. The third kappa shape index (κ3) is 5.96. The van der Waals surface area contributed by atoms with Gasteiger partial charge >= 0.3 is 6.18 Å². The summed E-state index contributed by atoms with van der Waals surface area (Å²) in [4.78, 5) is 12.6. The second-order valence-electron chi connectivity index (χ2n) is 6.79. The van der Waals surface area contributed by atoms with Crippen LogP contribution in [0.4, 0.5) is 24.5 Å². The fraction of sp³-hybridized carbons (Fsp3) is 0.136. The maximum Gasteiger partial charge on any atom is 0.416 e. The van der Waals surface area contributed by atoms with Crippen LogP contribution in [0.5, 0.6) is 5.75 Å². The molecule has 0 saturated heterocycles. The van der Waals surface area contributed by atoms with E-state index >= 15 is 0 Å². The van der Waals surface area contributed by atoms with Crippen molar-refractivity contribution in [3.63, 3.8) is 0 Å². The molecule has 6 nitrogen and oxygen atoms in total. The van der Waals surface area contributed by atoms with Crippen LogP contribution in [0.15, 0.2) is 77.7 Å². The molecule has 0 aliphatic carbocycles. The number of rotatable bonds is 7. The van der Waals surface area contributed by atoms with Crippen molar-refractivity contribution in [3.05, 3.63) is 83.4 Å². The number of sulfonamides is 1. The predicted octanol–water partition coefficient (Wildman–Crippen LogP) is 5.20. The van der Waals surface area contributed by atoms with Crippen molar-refractivity contribution in [1.29, 1.82) is 0 Å². The number of ether oxygens (including phenoxy) is 1. The molecule has 1 N–H and O–H groups in total. The Morgan fingerprint density at radius 1 is 0.970 bits per heavy atom. The van der Waals surface area contributed by atoms with Gasteiger partial charge in [-0.25, -0.2) is 8.42 Å². The molecule has 0 fully saturated rings. The number of hydrogen-bond donors (Lipinski definition) is 1. The van der Waals surface area contributed by atoms with Crippen LogP contribution < -0.4 is 14.4 Å². The van der Waals surface area contributed by atoms with Crippen LogP contribution in [0.25, 0.3) is 0 Å². The quantitative estimate of drug-likeness (QED) is 0.486.